The minimum absolute atomic E-state index is 0.190. The SMILES string of the molecule is COCCN(c1nc(Cl)ncc1C)C(C)COC. The predicted octanol–water partition coefficient (Wildman–Crippen LogP) is 1.93. The third kappa shape index (κ3) is 4.08. The maximum Gasteiger partial charge on any atom is 0.224 e. The molecule has 18 heavy (non-hydrogen) atoms. The van der Waals surface area contributed by atoms with Gasteiger partial charge in [0.1, 0.15) is 5.82 Å². The number of methoxy groups -OCH3 is 2. The van der Waals surface area contributed by atoms with Crippen LogP contribution in [0.25, 0.3) is 0 Å². The van der Waals surface area contributed by atoms with Gasteiger partial charge in [-0.15, -0.1) is 0 Å². The van der Waals surface area contributed by atoms with E-state index in [4.69, 9.17) is 21.1 Å². The Labute approximate surface area is 113 Å². The van der Waals surface area contributed by atoms with E-state index in [0.29, 0.717) is 13.2 Å². The highest BCUT2D eigenvalue weighted by molar-refractivity contribution is 6.28. The van der Waals surface area contributed by atoms with E-state index in [1.165, 1.54) is 0 Å². The van der Waals surface area contributed by atoms with Crippen molar-refractivity contribution < 1.29 is 9.47 Å². The van der Waals surface area contributed by atoms with Crippen molar-refractivity contribution >= 4 is 17.4 Å². The lowest BCUT2D eigenvalue weighted by molar-refractivity contribution is 0.170. The second kappa shape index (κ2) is 7.51. The average molecular weight is 274 g/mol. The number of anilines is 1. The van der Waals surface area contributed by atoms with Crippen LogP contribution >= 0.6 is 11.6 Å². The Kier molecular flexibility index (Phi) is 6.32. The quantitative estimate of drug-likeness (QED) is 0.711. The van der Waals surface area contributed by atoms with Gasteiger partial charge in [0, 0.05) is 32.5 Å². The molecule has 102 valence electrons. The molecule has 1 aromatic rings. The Hall–Kier alpha value is -0.910. The van der Waals surface area contributed by atoms with Crippen molar-refractivity contribution in [3.63, 3.8) is 0 Å². The minimum Gasteiger partial charge on any atom is -0.383 e. The second-order valence-corrected chi connectivity index (χ2v) is 4.47. The fourth-order valence-electron chi connectivity index (χ4n) is 1.76. The Bertz CT molecular complexity index is 376. The summed E-state index contributed by atoms with van der Waals surface area (Å²) in [6.45, 7) is 6.01. The standard InChI is InChI=1S/C12H20ClN3O2/c1-9-7-14-12(13)15-11(9)16(5-6-17-3)10(2)8-18-4/h7,10H,5-6,8H2,1-4H3. The fraction of sp³-hybridized carbons (Fsp3) is 0.667. The van der Waals surface area contributed by atoms with E-state index in [9.17, 15) is 0 Å². The third-order valence-electron chi connectivity index (χ3n) is 2.66. The molecule has 1 aromatic heterocycles. The highest BCUT2D eigenvalue weighted by Gasteiger charge is 2.18. The first-order chi connectivity index (χ1) is 8.60. The molecule has 0 spiro atoms. The van der Waals surface area contributed by atoms with E-state index in [1.54, 1.807) is 20.4 Å². The van der Waals surface area contributed by atoms with E-state index in [2.05, 4.69) is 21.8 Å². The van der Waals surface area contributed by atoms with Crippen LogP contribution in [0.15, 0.2) is 6.20 Å². The van der Waals surface area contributed by atoms with E-state index in [1.807, 2.05) is 6.92 Å². The molecule has 1 atom stereocenters. The maximum absolute atomic E-state index is 5.87. The molecule has 0 saturated heterocycles. The highest BCUT2D eigenvalue weighted by Crippen LogP contribution is 2.20. The zero-order chi connectivity index (χ0) is 13.5. The van der Waals surface area contributed by atoms with Crippen LogP contribution in [0, 0.1) is 6.92 Å². The van der Waals surface area contributed by atoms with Crippen LogP contribution in [0.4, 0.5) is 5.82 Å². The van der Waals surface area contributed by atoms with Gasteiger partial charge in [0.25, 0.3) is 0 Å². The number of aromatic nitrogens is 2. The Morgan fingerprint density at radius 2 is 2.11 bits per heavy atom. The molecule has 0 saturated carbocycles. The van der Waals surface area contributed by atoms with Gasteiger partial charge in [-0.05, 0) is 25.4 Å². The summed E-state index contributed by atoms with van der Waals surface area (Å²) < 4.78 is 10.3. The Morgan fingerprint density at radius 3 is 2.72 bits per heavy atom. The normalized spacial score (nSPS) is 12.5. The fourth-order valence-corrected chi connectivity index (χ4v) is 1.89. The van der Waals surface area contributed by atoms with Crippen molar-refractivity contribution in [1.29, 1.82) is 0 Å². The van der Waals surface area contributed by atoms with Crippen LogP contribution in [0.5, 0.6) is 0 Å². The lowest BCUT2D eigenvalue weighted by Crippen LogP contribution is -2.39. The van der Waals surface area contributed by atoms with Crippen LogP contribution in [0.3, 0.4) is 0 Å². The van der Waals surface area contributed by atoms with Crippen molar-refractivity contribution in [2.45, 2.75) is 19.9 Å². The zero-order valence-corrected chi connectivity index (χ0v) is 12.1. The van der Waals surface area contributed by atoms with Gasteiger partial charge < -0.3 is 14.4 Å². The summed E-state index contributed by atoms with van der Waals surface area (Å²) in [4.78, 5) is 10.4. The van der Waals surface area contributed by atoms with Gasteiger partial charge >= 0.3 is 0 Å². The van der Waals surface area contributed by atoms with Crippen LogP contribution in [-0.2, 0) is 9.47 Å². The van der Waals surface area contributed by atoms with Crippen LogP contribution in [-0.4, -0.2) is 50.0 Å². The van der Waals surface area contributed by atoms with E-state index < -0.39 is 0 Å². The summed E-state index contributed by atoms with van der Waals surface area (Å²) in [5, 5.41) is 0.252. The molecule has 0 radical (unpaired) electrons. The molecule has 0 aliphatic heterocycles. The number of aryl methyl sites for hydroxylation is 1. The van der Waals surface area contributed by atoms with Crippen LogP contribution < -0.4 is 4.90 Å². The Morgan fingerprint density at radius 1 is 1.39 bits per heavy atom. The number of rotatable bonds is 7. The summed E-state index contributed by atoms with van der Waals surface area (Å²) >= 11 is 5.87. The summed E-state index contributed by atoms with van der Waals surface area (Å²) in [7, 11) is 3.36. The molecule has 0 aliphatic carbocycles. The molecule has 0 aliphatic rings. The average Bonchev–Trinajstić information content (AvgIpc) is 2.34. The van der Waals surface area contributed by atoms with E-state index in [0.717, 1.165) is 17.9 Å². The molecule has 0 aromatic carbocycles. The third-order valence-corrected chi connectivity index (χ3v) is 2.85. The molecule has 0 bridgehead atoms. The van der Waals surface area contributed by atoms with Gasteiger partial charge in [-0.2, -0.15) is 0 Å². The molecule has 6 heteroatoms. The summed E-state index contributed by atoms with van der Waals surface area (Å²) in [6, 6.07) is 0.190. The zero-order valence-electron chi connectivity index (χ0n) is 11.3. The van der Waals surface area contributed by atoms with Gasteiger partial charge in [0.05, 0.1) is 19.3 Å². The van der Waals surface area contributed by atoms with Crippen molar-refractivity contribution in [1.82, 2.24) is 9.97 Å². The molecule has 0 N–H and O–H groups in total. The van der Waals surface area contributed by atoms with Gasteiger partial charge in [-0.1, -0.05) is 0 Å². The smallest absolute Gasteiger partial charge is 0.224 e. The summed E-state index contributed by atoms with van der Waals surface area (Å²) in [6.07, 6.45) is 1.73. The minimum atomic E-state index is 0.190. The summed E-state index contributed by atoms with van der Waals surface area (Å²) in [5.74, 6) is 0.830. The van der Waals surface area contributed by atoms with E-state index in [-0.39, 0.29) is 11.3 Å². The van der Waals surface area contributed by atoms with Gasteiger partial charge in [-0.25, -0.2) is 9.97 Å². The number of hydrogen-bond acceptors (Lipinski definition) is 5. The maximum atomic E-state index is 5.87. The first kappa shape index (κ1) is 15.1. The van der Waals surface area contributed by atoms with Gasteiger partial charge in [0.2, 0.25) is 5.28 Å². The monoisotopic (exact) mass is 273 g/mol. The van der Waals surface area contributed by atoms with Gasteiger partial charge in [0.15, 0.2) is 0 Å². The molecular weight excluding hydrogens is 254 g/mol. The van der Waals surface area contributed by atoms with E-state index >= 15 is 0 Å². The topological polar surface area (TPSA) is 47.5 Å². The van der Waals surface area contributed by atoms with Gasteiger partial charge in [-0.3, -0.25) is 0 Å². The number of hydrogen-bond donors (Lipinski definition) is 0. The number of halogens is 1. The van der Waals surface area contributed by atoms with Crippen molar-refractivity contribution in [2.24, 2.45) is 0 Å². The first-order valence-corrected chi connectivity index (χ1v) is 6.21. The highest BCUT2D eigenvalue weighted by atomic mass is 35.5. The first-order valence-electron chi connectivity index (χ1n) is 5.83. The molecular formula is C12H20ClN3O2. The lowest BCUT2D eigenvalue weighted by atomic mass is 10.2. The molecule has 1 heterocycles. The molecule has 0 amide bonds. The molecule has 5 nitrogen and oxygen atoms in total. The van der Waals surface area contributed by atoms with Crippen molar-refractivity contribution in [3.8, 4) is 0 Å². The Balaban J connectivity index is 2.96. The largest absolute Gasteiger partial charge is 0.383 e. The molecule has 1 rings (SSSR count). The number of ether oxygens (including phenoxy) is 2. The predicted molar refractivity (Wildman–Crippen MR) is 72.3 cm³/mol. The second-order valence-electron chi connectivity index (χ2n) is 4.14. The molecule has 0 fully saturated rings. The lowest BCUT2D eigenvalue weighted by Gasteiger charge is -2.30. The van der Waals surface area contributed by atoms with Crippen LogP contribution in [0.1, 0.15) is 12.5 Å². The van der Waals surface area contributed by atoms with Crippen molar-refractivity contribution in [3.05, 3.63) is 17.0 Å². The number of nitrogens with zero attached hydrogens (tertiary/aromatic N) is 3. The summed E-state index contributed by atoms with van der Waals surface area (Å²) in [5.41, 5.74) is 0.985. The molecule has 1 unspecified atom stereocenters. The van der Waals surface area contributed by atoms with Crippen molar-refractivity contribution in [2.75, 3.05) is 38.9 Å². The van der Waals surface area contributed by atoms with Crippen LogP contribution in [0.2, 0.25) is 5.28 Å².